The number of carbonyl (C=O) groups is 3. The predicted molar refractivity (Wildman–Crippen MR) is 116 cm³/mol. The second-order valence-electron chi connectivity index (χ2n) is 12.0. The molecule has 4 aliphatic rings. The monoisotopic (exact) mass is 470 g/mol. The molecule has 2 unspecified atom stereocenters. The van der Waals surface area contributed by atoms with E-state index < -0.39 is 17.5 Å². The zero-order chi connectivity index (χ0) is 23.3. The van der Waals surface area contributed by atoms with Gasteiger partial charge < -0.3 is 19.7 Å². The molecule has 0 bridgehead atoms. The summed E-state index contributed by atoms with van der Waals surface area (Å²) in [5, 5.41) is 21.2. The number of aliphatic hydroxyl groups is 1. The predicted octanol–water partition coefficient (Wildman–Crippen LogP) is 0.0427. The second kappa shape index (κ2) is 9.91. The van der Waals surface area contributed by atoms with Gasteiger partial charge in [0.2, 0.25) is 0 Å². The summed E-state index contributed by atoms with van der Waals surface area (Å²) in [6.07, 6.45) is 8.73. The van der Waals surface area contributed by atoms with E-state index in [0.29, 0.717) is 29.1 Å². The summed E-state index contributed by atoms with van der Waals surface area (Å²) in [4.78, 5) is 35.3. The SMILES string of the molecule is C[C@@]1(O)CC[C@@]2(C)C(CC[C@@H]3C2CC[C@]2(C)[C@@H](C(=O)COC(=O)CCC(=O)[O-])CC[C@@H]32)C1.[Na+]. The molecule has 7 heteroatoms. The van der Waals surface area contributed by atoms with Crippen molar-refractivity contribution in [2.24, 2.45) is 40.4 Å². The van der Waals surface area contributed by atoms with Gasteiger partial charge in [0.15, 0.2) is 5.78 Å². The minimum absolute atomic E-state index is 0. The fourth-order valence-corrected chi connectivity index (χ4v) is 8.49. The number of esters is 1. The molecule has 0 aromatic carbocycles. The standard InChI is InChI=1S/C26H40O6.Na/c1-24(31)12-13-25(2)16(14-24)4-5-17-18-6-7-20(26(18,3)11-10-19(17)25)21(27)15-32-23(30)9-8-22(28)29;/h16-20,31H,4-15H2,1-3H3,(H,28,29);/q;+1/p-1/t16?,17-,18-,19?,20+,24+,25-,26-;/m0./s1. The Morgan fingerprint density at radius 3 is 2.30 bits per heavy atom. The Bertz CT molecular complexity index is 781. The fraction of sp³-hybridized carbons (Fsp3) is 0.885. The normalized spacial score (nSPS) is 43.9. The van der Waals surface area contributed by atoms with Crippen molar-refractivity contribution >= 4 is 17.7 Å². The third kappa shape index (κ3) is 5.10. The number of rotatable bonds is 6. The van der Waals surface area contributed by atoms with Gasteiger partial charge in [-0.15, -0.1) is 0 Å². The van der Waals surface area contributed by atoms with Gasteiger partial charge in [-0.05, 0) is 106 Å². The number of hydrogen-bond acceptors (Lipinski definition) is 6. The number of hydrogen-bond donors (Lipinski definition) is 1. The molecular formula is C26H39NaO6. The van der Waals surface area contributed by atoms with Gasteiger partial charge in [-0.25, -0.2) is 0 Å². The molecule has 4 fully saturated rings. The molecule has 4 rings (SSSR count). The van der Waals surface area contributed by atoms with Crippen LogP contribution in [0.25, 0.3) is 0 Å². The number of fused-ring (bicyclic) bond motifs is 5. The summed E-state index contributed by atoms with van der Waals surface area (Å²) in [5.74, 6) is 0.406. The molecule has 4 saturated carbocycles. The Morgan fingerprint density at radius 2 is 1.61 bits per heavy atom. The van der Waals surface area contributed by atoms with Crippen LogP contribution in [0.15, 0.2) is 0 Å². The van der Waals surface area contributed by atoms with Gasteiger partial charge in [-0.3, -0.25) is 9.59 Å². The van der Waals surface area contributed by atoms with Crippen molar-refractivity contribution in [3.8, 4) is 0 Å². The number of carbonyl (C=O) groups excluding carboxylic acids is 3. The maximum Gasteiger partial charge on any atom is 1.00 e. The summed E-state index contributed by atoms with van der Waals surface area (Å²) < 4.78 is 5.10. The molecule has 0 aromatic rings. The third-order valence-corrected chi connectivity index (χ3v) is 10.3. The van der Waals surface area contributed by atoms with E-state index in [1.165, 1.54) is 12.8 Å². The van der Waals surface area contributed by atoms with Crippen LogP contribution in [0.5, 0.6) is 0 Å². The molecule has 0 amide bonds. The Labute approximate surface area is 219 Å². The smallest absolute Gasteiger partial charge is 0.550 e. The average molecular weight is 471 g/mol. The molecule has 180 valence electrons. The zero-order valence-electron chi connectivity index (χ0n) is 20.9. The van der Waals surface area contributed by atoms with Crippen LogP contribution in [0, 0.1) is 40.4 Å². The Balaban J connectivity index is 0.00000306. The van der Waals surface area contributed by atoms with Gasteiger partial charge in [0, 0.05) is 11.9 Å². The number of ether oxygens (including phenoxy) is 1. The molecule has 33 heavy (non-hydrogen) atoms. The van der Waals surface area contributed by atoms with Crippen molar-refractivity contribution in [2.75, 3.05) is 6.61 Å². The first-order chi connectivity index (χ1) is 15.0. The van der Waals surface area contributed by atoms with Gasteiger partial charge >= 0.3 is 35.5 Å². The second-order valence-corrected chi connectivity index (χ2v) is 12.0. The van der Waals surface area contributed by atoms with Gasteiger partial charge in [-0.2, -0.15) is 0 Å². The fourth-order valence-electron chi connectivity index (χ4n) is 8.49. The summed E-state index contributed by atoms with van der Waals surface area (Å²) in [6.45, 7) is 6.49. The Morgan fingerprint density at radius 1 is 0.909 bits per heavy atom. The van der Waals surface area contributed by atoms with Crippen LogP contribution in [-0.2, 0) is 19.1 Å². The van der Waals surface area contributed by atoms with Gasteiger partial charge in [0.1, 0.15) is 6.61 Å². The molecule has 0 saturated heterocycles. The van der Waals surface area contributed by atoms with Gasteiger partial charge in [0.05, 0.1) is 12.0 Å². The van der Waals surface area contributed by atoms with E-state index >= 15 is 0 Å². The molecule has 0 radical (unpaired) electrons. The van der Waals surface area contributed by atoms with Crippen molar-refractivity contribution in [3.05, 3.63) is 0 Å². The zero-order valence-corrected chi connectivity index (χ0v) is 22.9. The summed E-state index contributed by atoms with van der Waals surface area (Å²) >= 11 is 0. The summed E-state index contributed by atoms with van der Waals surface area (Å²) in [6, 6.07) is 0. The molecular weight excluding hydrogens is 431 g/mol. The molecule has 0 aliphatic heterocycles. The molecule has 0 heterocycles. The van der Waals surface area contributed by atoms with Crippen LogP contribution in [-0.4, -0.2) is 35.0 Å². The minimum atomic E-state index is -1.29. The first-order valence-corrected chi connectivity index (χ1v) is 12.6. The first kappa shape index (κ1) is 27.2. The van der Waals surface area contributed by atoms with E-state index in [1.807, 2.05) is 6.92 Å². The number of carboxylic acid groups (broad SMARTS) is 1. The Hall–Kier alpha value is -0.430. The molecule has 6 nitrogen and oxygen atoms in total. The summed E-state index contributed by atoms with van der Waals surface area (Å²) in [7, 11) is 0. The van der Waals surface area contributed by atoms with E-state index in [-0.39, 0.29) is 66.1 Å². The molecule has 0 aromatic heterocycles. The van der Waals surface area contributed by atoms with Gasteiger partial charge in [-0.1, -0.05) is 13.8 Å². The quantitative estimate of drug-likeness (QED) is 0.434. The van der Waals surface area contributed by atoms with Crippen LogP contribution in [0.4, 0.5) is 0 Å². The van der Waals surface area contributed by atoms with E-state index in [9.17, 15) is 24.6 Å². The van der Waals surface area contributed by atoms with Crippen molar-refractivity contribution < 1.29 is 58.9 Å². The van der Waals surface area contributed by atoms with E-state index in [2.05, 4.69) is 13.8 Å². The van der Waals surface area contributed by atoms with Crippen LogP contribution >= 0.6 is 0 Å². The number of Topliss-reactive ketones (excluding diaryl/α,β-unsaturated/α-hetero) is 1. The number of ketones is 1. The van der Waals surface area contributed by atoms with Crippen molar-refractivity contribution in [1.29, 1.82) is 0 Å². The maximum atomic E-state index is 13.0. The first-order valence-electron chi connectivity index (χ1n) is 12.6. The minimum Gasteiger partial charge on any atom is -0.550 e. The topological polar surface area (TPSA) is 104 Å². The average Bonchev–Trinajstić information content (AvgIpc) is 3.08. The molecule has 1 N–H and O–H groups in total. The summed E-state index contributed by atoms with van der Waals surface area (Å²) in [5.41, 5.74) is -0.272. The van der Waals surface area contributed by atoms with Crippen molar-refractivity contribution in [1.82, 2.24) is 0 Å². The maximum absolute atomic E-state index is 13.0. The number of carboxylic acids is 1. The molecule has 4 aliphatic carbocycles. The van der Waals surface area contributed by atoms with Gasteiger partial charge in [0.25, 0.3) is 0 Å². The Kier molecular flexibility index (Phi) is 8.15. The van der Waals surface area contributed by atoms with E-state index in [4.69, 9.17) is 4.74 Å². The van der Waals surface area contributed by atoms with Crippen LogP contribution in [0.2, 0.25) is 0 Å². The van der Waals surface area contributed by atoms with E-state index in [0.717, 1.165) is 44.9 Å². The van der Waals surface area contributed by atoms with Crippen LogP contribution < -0.4 is 34.7 Å². The van der Waals surface area contributed by atoms with Crippen molar-refractivity contribution in [2.45, 2.75) is 97.0 Å². The largest absolute Gasteiger partial charge is 1.00 e. The van der Waals surface area contributed by atoms with E-state index in [1.54, 1.807) is 0 Å². The number of aliphatic carboxylic acids is 1. The van der Waals surface area contributed by atoms with Crippen LogP contribution in [0.3, 0.4) is 0 Å². The van der Waals surface area contributed by atoms with Crippen LogP contribution in [0.1, 0.15) is 91.4 Å². The third-order valence-electron chi connectivity index (χ3n) is 10.3. The van der Waals surface area contributed by atoms with Crippen molar-refractivity contribution in [3.63, 3.8) is 0 Å². The molecule has 8 atom stereocenters. The molecule has 0 spiro atoms.